The first kappa shape index (κ1) is 22.1. The van der Waals surface area contributed by atoms with Crippen LogP contribution in [0.5, 0.6) is 0 Å². The fraction of sp³-hybridized carbons (Fsp3) is 0.333. The molecule has 1 heterocycles. The number of hydrogen-bond donors (Lipinski definition) is 1. The fourth-order valence-corrected chi connectivity index (χ4v) is 4.95. The number of amides is 1. The SMILES string of the molecule is CC(OC(=O)c1ccc2c(c1)CC(C)N2S(C)(=O)=O)C(=O)NCc1ccccc1Cl. The van der Waals surface area contributed by atoms with Crippen LogP contribution in [0.15, 0.2) is 42.5 Å². The van der Waals surface area contributed by atoms with Gasteiger partial charge in [-0.25, -0.2) is 13.2 Å². The van der Waals surface area contributed by atoms with Crippen molar-refractivity contribution in [2.45, 2.75) is 39.0 Å². The molecule has 9 heteroatoms. The number of carbonyl (C=O) groups excluding carboxylic acids is 2. The molecular formula is C21H23ClN2O5S. The van der Waals surface area contributed by atoms with Crippen molar-refractivity contribution in [2.75, 3.05) is 10.6 Å². The number of anilines is 1. The number of carbonyl (C=O) groups is 2. The smallest absolute Gasteiger partial charge is 0.338 e. The van der Waals surface area contributed by atoms with Crippen molar-refractivity contribution >= 4 is 39.2 Å². The van der Waals surface area contributed by atoms with Gasteiger partial charge in [0.05, 0.1) is 17.5 Å². The van der Waals surface area contributed by atoms with Gasteiger partial charge in [-0.1, -0.05) is 29.8 Å². The molecule has 1 N–H and O–H groups in total. The van der Waals surface area contributed by atoms with Crippen LogP contribution < -0.4 is 9.62 Å². The first-order valence-corrected chi connectivity index (χ1v) is 11.6. The Morgan fingerprint density at radius 1 is 1.27 bits per heavy atom. The van der Waals surface area contributed by atoms with Gasteiger partial charge in [0.25, 0.3) is 5.91 Å². The summed E-state index contributed by atoms with van der Waals surface area (Å²) in [5, 5.41) is 3.23. The van der Waals surface area contributed by atoms with E-state index in [0.717, 1.165) is 17.4 Å². The van der Waals surface area contributed by atoms with Crippen molar-refractivity contribution in [3.05, 3.63) is 64.2 Å². The molecule has 2 atom stereocenters. The molecule has 1 aliphatic rings. The molecule has 7 nitrogen and oxygen atoms in total. The number of hydrogen-bond acceptors (Lipinski definition) is 5. The Hall–Kier alpha value is -2.58. The minimum atomic E-state index is -3.41. The summed E-state index contributed by atoms with van der Waals surface area (Å²) < 4.78 is 30.7. The Kier molecular flexibility index (Phi) is 6.38. The first-order chi connectivity index (χ1) is 14.1. The van der Waals surface area contributed by atoms with E-state index in [9.17, 15) is 18.0 Å². The molecule has 3 rings (SSSR count). The Balaban J connectivity index is 1.64. The highest BCUT2D eigenvalue weighted by Gasteiger charge is 2.33. The van der Waals surface area contributed by atoms with Crippen molar-refractivity contribution < 1.29 is 22.7 Å². The summed E-state index contributed by atoms with van der Waals surface area (Å²) >= 11 is 6.07. The third-order valence-corrected chi connectivity index (χ3v) is 6.53. The van der Waals surface area contributed by atoms with E-state index < -0.39 is 28.0 Å². The molecule has 30 heavy (non-hydrogen) atoms. The molecule has 2 aromatic rings. The molecule has 2 aromatic carbocycles. The van der Waals surface area contributed by atoms with Crippen LogP contribution in [0.2, 0.25) is 5.02 Å². The van der Waals surface area contributed by atoms with Crippen LogP contribution in [0.25, 0.3) is 0 Å². The van der Waals surface area contributed by atoms with Crippen molar-refractivity contribution in [2.24, 2.45) is 0 Å². The Labute approximate surface area is 181 Å². The summed E-state index contributed by atoms with van der Waals surface area (Å²) in [7, 11) is -3.41. The molecule has 1 amide bonds. The maximum absolute atomic E-state index is 12.5. The van der Waals surface area contributed by atoms with E-state index in [1.54, 1.807) is 30.3 Å². The Morgan fingerprint density at radius 3 is 2.63 bits per heavy atom. The lowest BCUT2D eigenvalue weighted by Crippen LogP contribution is -2.35. The van der Waals surface area contributed by atoms with E-state index in [2.05, 4.69) is 5.32 Å². The summed E-state index contributed by atoms with van der Waals surface area (Å²) in [6.45, 7) is 3.52. The van der Waals surface area contributed by atoms with Gasteiger partial charge in [0.2, 0.25) is 10.0 Å². The van der Waals surface area contributed by atoms with Crippen LogP contribution in [-0.4, -0.2) is 38.7 Å². The lowest BCUT2D eigenvalue weighted by molar-refractivity contribution is -0.129. The highest BCUT2D eigenvalue weighted by atomic mass is 35.5. The van der Waals surface area contributed by atoms with Gasteiger partial charge in [-0.2, -0.15) is 0 Å². The lowest BCUT2D eigenvalue weighted by atomic mass is 10.1. The van der Waals surface area contributed by atoms with E-state index in [-0.39, 0.29) is 18.2 Å². The van der Waals surface area contributed by atoms with E-state index in [0.29, 0.717) is 17.1 Å². The van der Waals surface area contributed by atoms with Crippen molar-refractivity contribution in [1.29, 1.82) is 0 Å². The largest absolute Gasteiger partial charge is 0.449 e. The average Bonchev–Trinajstić information content (AvgIpc) is 3.02. The normalized spacial score (nSPS) is 16.7. The molecule has 0 bridgehead atoms. The van der Waals surface area contributed by atoms with Crippen molar-refractivity contribution in [3.8, 4) is 0 Å². The number of fused-ring (bicyclic) bond motifs is 1. The average molecular weight is 451 g/mol. The Morgan fingerprint density at radius 2 is 1.97 bits per heavy atom. The molecule has 0 fully saturated rings. The maximum atomic E-state index is 12.5. The van der Waals surface area contributed by atoms with Crippen LogP contribution in [0.3, 0.4) is 0 Å². The minimum absolute atomic E-state index is 0.221. The zero-order valence-corrected chi connectivity index (χ0v) is 18.5. The zero-order chi connectivity index (χ0) is 22.1. The van der Waals surface area contributed by atoms with Gasteiger partial charge in [0.15, 0.2) is 6.10 Å². The van der Waals surface area contributed by atoms with Gasteiger partial charge < -0.3 is 10.1 Å². The van der Waals surface area contributed by atoms with Crippen LogP contribution in [0, 0.1) is 0 Å². The number of nitrogens with one attached hydrogen (secondary N) is 1. The summed E-state index contributed by atoms with van der Waals surface area (Å²) in [6.07, 6.45) is 0.654. The van der Waals surface area contributed by atoms with E-state index in [1.165, 1.54) is 17.3 Å². The highest BCUT2D eigenvalue weighted by Crippen LogP contribution is 2.34. The monoisotopic (exact) mass is 450 g/mol. The summed E-state index contributed by atoms with van der Waals surface area (Å²) in [5.74, 6) is -1.09. The minimum Gasteiger partial charge on any atom is -0.449 e. The van der Waals surface area contributed by atoms with Crippen LogP contribution in [0.1, 0.15) is 35.3 Å². The second-order valence-corrected chi connectivity index (χ2v) is 9.58. The van der Waals surface area contributed by atoms with Gasteiger partial charge in [-0.15, -0.1) is 0 Å². The van der Waals surface area contributed by atoms with Crippen molar-refractivity contribution in [1.82, 2.24) is 5.32 Å². The molecule has 160 valence electrons. The third-order valence-electron chi connectivity index (χ3n) is 4.89. The van der Waals surface area contributed by atoms with Crippen LogP contribution >= 0.6 is 11.6 Å². The van der Waals surface area contributed by atoms with Crippen LogP contribution in [-0.2, 0) is 32.5 Å². The van der Waals surface area contributed by atoms with E-state index in [1.807, 2.05) is 13.0 Å². The molecule has 2 unspecified atom stereocenters. The number of halogens is 1. The molecular weight excluding hydrogens is 428 g/mol. The third kappa shape index (κ3) is 4.76. The molecule has 0 spiro atoms. The molecule has 1 aliphatic heterocycles. The number of nitrogens with zero attached hydrogens (tertiary/aromatic N) is 1. The number of sulfonamides is 1. The number of benzene rings is 2. The number of ether oxygens (including phenoxy) is 1. The molecule has 0 aliphatic carbocycles. The van der Waals surface area contributed by atoms with E-state index >= 15 is 0 Å². The summed E-state index contributed by atoms with van der Waals surface area (Å²) in [5.41, 5.74) is 2.33. The predicted molar refractivity (Wildman–Crippen MR) is 115 cm³/mol. The quantitative estimate of drug-likeness (QED) is 0.683. The molecule has 0 saturated heterocycles. The van der Waals surface area contributed by atoms with Gasteiger partial charge >= 0.3 is 5.97 Å². The lowest BCUT2D eigenvalue weighted by Gasteiger charge is -2.22. The standard InChI is InChI=1S/C21H23ClN2O5S/c1-13-10-17-11-15(8-9-19(17)24(13)30(3,27)28)21(26)29-14(2)20(25)23-12-16-6-4-5-7-18(16)22/h4-9,11,13-14H,10,12H2,1-3H3,(H,23,25). The maximum Gasteiger partial charge on any atom is 0.338 e. The second kappa shape index (κ2) is 8.65. The molecule has 0 radical (unpaired) electrons. The Bertz CT molecular complexity index is 1090. The fourth-order valence-electron chi connectivity index (χ4n) is 3.49. The van der Waals surface area contributed by atoms with E-state index in [4.69, 9.17) is 16.3 Å². The molecule has 0 saturated carbocycles. The molecule has 0 aromatic heterocycles. The van der Waals surface area contributed by atoms with Gasteiger partial charge in [0, 0.05) is 17.6 Å². The van der Waals surface area contributed by atoms with Gasteiger partial charge in [-0.3, -0.25) is 9.10 Å². The van der Waals surface area contributed by atoms with Crippen molar-refractivity contribution in [3.63, 3.8) is 0 Å². The van der Waals surface area contributed by atoms with Gasteiger partial charge in [-0.05, 0) is 55.7 Å². The number of rotatable bonds is 6. The summed E-state index contributed by atoms with van der Waals surface area (Å²) in [6, 6.07) is 11.6. The topological polar surface area (TPSA) is 92.8 Å². The summed E-state index contributed by atoms with van der Waals surface area (Å²) in [4.78, 5) is 24.8. The van der Waals surface area contributed by atoms with Crippen LogP contribution in [0.4, 0.5) is 5.69 Å². The first-order valence-electron chi connectivity index (χ1n) is 9.42. The number of esters is 1. The second-order valence-electron chi connectivity index (χ2n) is 7.31. The predicted octanol–water partition coefficient (Wildman–Crippen LogP) is 2.91. The highest BCUT2D eigenvalue weighted by molar-refractivity contribution is 7.92. The zero-order valence-electron chi connectivity index (χ0n) is 16.9. The van der Waals surface area contributed by atoms with Gasteiger partial charge in [0.1, 0.15) is 0 Å².